The van der Waals surface area contributed by atoms with Gasteiger partial charge >= 0.3 is 5.97 Å². The van der Waals surface area contributed by atoms with E-state index < -0.39 is 12.3 Å². The van der Waals surface area contributed by atoms with Gasteiger partial charge in [-0.2, -0.15) is 0 Å². The summed E-state index contributed by atoms with van der Waals surface area (Å²) in [6.45, 7) is 0. The molecule has 0 bridgehead atoms. The van der Waals surface area contributed by atoms with Gasteiger partial charge in [-0.1, -0.05) is 0 Å². The van der Waals surface area contributed by atoms with Crippen molar-refractivity contribution in [1.29, 1.82) is 0 Å². The van der Waals surface area contributed by atoms with Crippen molar-refractivity contribution in [2.45, 2.75) is 6.29 Å². The first-order valence-electron chi connectivity index (χ1n) is 6.54. The summed E-state index contributed by atoms with van der Waals surface area (Å²) in [7, 11) is 1.24. The van der Waals surface area contributed by atoms with E-state index in [0.29, 0.717) is 22.5 Å². The monoisotopic (exact) mass is 316 g/mol. The van der Waals surface area contributed by atoms with Crippen LogP contribution in [0, 0.1) is 0 Å². The Kier molecular flexibility index (Phi) is 3.77. The number of methoxy groups -OCH3 is 1. The van der Waals surface area contributed by atoms with Crippen LogP contribution < -0.4 is 10.3 Å². The molecule has 0 aliphatic heterocycles. The summed E-state index contributed by atoms with van der Waals surface area (Å²) < 4.78 is 11.4. The molecular weight excluding hydrogens is 304 g/mol. The highest BCUT2D eigenvalue weighted by atomic mass is 16.7. The molecule has 1 atom stereocenters. The molecule has 0 spiro atoms. The summed E-state index contributed by atoms with van der Waals surface area (Å²) in [4.78, 5) is 29.0. The van der Waals surface area contributed by atoms with Gasteiger partial charge in [0.2, 0.25) is 0 Å². The Morgan fingerprint density at radius 2 is 2.09 bits per heavy atom. The van der Waals surface area contributed by atoms with Gasteiger partial charge in [0.25, 0.3) is 11.8 Å². The molecule has 0 saturated carbocycles. The molecule has 0 aliphatic rings. The molecular formula is C14H12N4O5. The molecule has 1 aromatic carbocycles. The van der Waals surface area contributed by atoms with Crippen molar-refractivity contribution in [2.75, 3.05) is 7.11 Å². The third kappa shape index (κ3) is 2.90. The topological polar surface area (TPSA) is 119 Å². The first kappa shape index (κ1) is 14.7. The molecule has 2 heterocycles. The van der Waals surface area contributed by atoms with Crippen molar-refractivity contribution < 1.29 is 19.4 Å². The van der Waals surface area contributed by atoms with Gasteiger partial charge in [-0.05, 0) is 24.3 Å². The Labute approximate surface area is 129 Å². The van der Waals surface area contributed by atoms with Crippen LogP contribution in [0.25, 0.3) is 16.7 Å². The van der Waals surface area contributed by atoms with Gasteiger partial charge in [-0.15, -0.1) is 5.10 Å². The minimum Gasteiger partial charge on any atom is -0.477 e. The molecule has 0 radical (unpaired) electrons. The molecule has 2 aromatic heterocycles. The quantitative estimate of drug-likeness (QED) is 0.659. The average Bonchev–Trinajstić information content (AvgIpc) is 2.98. The highest BCUT2D eigenvalue weighted by molar-refractivity contribution is 5.73. The van der Waals surface area contributed by atoms with Crippen LogP contribution in [0.4, 0.5) is 0 Å². The van der Waals surface area contributed by atoms with Crippen LogP contribution in [0.15, 0.2) is 41.6 Å². The van der Waals surface area contributed by atoms with Gasteiger partial charge in [0.05, 0.1) is 12.0 Å². The zero-order valence-corrected chi connectivity index (χ0v) is 12.0. The third-order valence-corrected chi connectivity index (χ3v) is 3.08. The van der Waals surface area contributed by atoms with Gasteiger partial charge in [0.1, 0.15) is 11.1 Å². The van der Waals surface area contributed by atoms with Crippen molar-refractivity contribution in [3.8, 4) is 11.4 Å². The minimum absolute atomic E-state index is 0.273. The largest absolute Gasteiger partial charge is 0.477 e. The number of aromatic nitrogens is 4. The number of hydrogen-bond donors (Lipinski definition) is 2. The summed E-state index contributed by atoms with van der Waals surface area (Å²) in [5.41, 5.74) is 0.726. The van der Waals surface area contributed by atoms with Crippen LogP contribution in [-0.2, 0) is 9.53 Å². The number of nitrogens with one attached hydrogen (secondary N) is 1. The average molecular weight is 316 g/mol. The Balaban J connectivity index is 1.87. The number of carboxylic acids is 1. The Bertz CT molecular complexity index is 899. The minimum atomic E-state index is -1.38. The molecule has 2 N–H and O–H groups in total. The van der Waals surface area contributed by atoms with Crippen molar-refractivity contribution in [2.24, 2.45) is 0 Å². The van der Waals surface area contributed by atoms with Crippen molar-refractivity contribution >= 4 is 17.0 Å². The molecule has 118 valence electrons. The molecule has 23 heavy (non-hydrogen) atoms. The molecule has 0 amide bonds. The van der Waals surface area contributed by atoms with Gasteiger partial charge in [-0.3, -0.25) is 4.79 Å². The number of ether oxygens (including phenoxy) is 2. The lowest BCUT2D eigenvalue weighted by atomic mass is 10.3. The number of carbonyl (C=O) groups is 1. The van der Waals surface area contributed by atoms with E-state index >= 15 is 0 Å². The molecule has 9 heteroatoms. The van der Waals surface area contributed by atoms with E-state index in [-0.39, 0.29) is 5.56 Å². The zero-order chi connectivity index (χ0) is 16.4. The van der Waals surface area contributed by atoms with Crippen molar-refractivity contribution in [3.05, 3.63) is 47.1 Å². The third-order valence-electron chi connectivity index (χ3n) is 3.08. The predicted octanol–water partition coefficient (Wildman–Crippen LogP) is 0.545. The highest BCUT2D eigenvalue weighted by Crippen LogP contribution is 2.17. The van der Waals surface area contributed by atoms with E-state index in [9.17, 15) is 9.59 Å². The predicted molar refractivity (Wildman–Crippen MR) is 78.5 cm³/mol. The van der Waals surface area contributed by atoms with E-state index in [2.05, 4.69) is 15.1 Å². The molecule has 0 fully saturated rings. The van der Waals surface area contributed by atoms with E-state index in [1.54, 1.807) is 30.5 Å². The lowest BCUT2D eigenvalue weighted by Gasteiger charge is -2.13. The van der Waals surface area contributed by atoms with Gasteiger partial charge in [0, 0.05) is 13.3 Å². The van der Waals surface area contributed by atoms with Gasteiger partial charge in [0.15, 0.2) is 5.65 Å². The van der Waals surface area contributed by atoms with E-state index in [0.717, 1.165) is 0 Å². The summed E-state index contributed by atoms with van der Waals surface area (Å²) >= 11 is 0. The number of H-pyrrole nitrogens is 1. The lowest BCUT2D eigenvalue weighted by molar-refractivity contribution is -0.166. The van der Waals surface area contributed by atoms with Crippen LogP contribution >= 0.6 is 0 Å². The van der Waals surface area contributed by atoms with Gasteiger partial charge < -0.3 is 19.6 Å². The van der Waals surface area contributed by atoms with Crippen molar-refractivity contribution in [1.82, 2.24) is 19.7 Å². The number of carboxylic acid groups (broad SMARTS) is 1. The highest BCUT2D eigenvalue weighted by Gasteiger charge is 2.18. The maximum atomic E-state index is 11.7. The molecule has 0 aliphatic carbocycles. The first-order valence-corrected chi connectivity index (χ1v) is 6.54. The number of fused-ring (bicyclic) bond motifs is 1. The Morgan fingerprint density at radius 1 is 1.35 bits per heavy atom. The van der Waals surface area contributed by atoms with Crippen LogP contribution in [0.3, 0.4) is 0 Å². The second-order valence-electron chi connectivity index (χ2n) is 4.56. The fraction of sp³-hybridized carbons (Fsp3) is 0.143. The van der Waals surface area contributed by atoms with E-state index in [4.69, 9.17) is 14.6 Å². The van der Waals surface area contributed by atoms with Gasteiger partial charge in [-0.25, -0.2) is 14.5 Å². The summed E-state index contributed by atoms with van der Waals surface area (Å²) in [5, 5.41) is 13.4. The molecule has 1 unspecified atom stereocenters. The zero-order valence-electron chi connectivity index (χ0n) is 12.0. The van der Waals surface area contributed by atoms with Crippen LogP contribution in [0.2, 0.25) is 0 Å². The first-order chi connectivity index (χ1) is 11.1. The van der Waals surface area contributed by atoms with Crippen LogP contribution in [-0.4, -0.2) is 44.2 Å². The number of nitrogens with zero attached hydrogens (tertiary/aromatic N) is 3. The number of hydrogen-bond acceptors (Lipinski definition) is 6. The number of aromatic amines is 1. The van der Waals surface area contributed by atoms with E-state index in [1.807, 2.05) is 0 Å². The summed E-state index contributed by atoms with van der Waals surface area (Å²) in [6, 6.07) is 6.50. The van der Waals surface area contributed by atoms with Crippen LogP contribution in [0.5, 0.6) is 5.75 Å². The Hall–Kier alpha value is -3.20. The lowest BCUT2D eigenvalue weighted by Crippen LogP contribution is -2.28. The molecule has 0 saturated heterocycles. The normalized spacial score (nSPS) is 12.2. The number of aliphatic carboxylic acids is 1. The fourth-order valence-electron chi connectivity index (χ4n) is 1.98. The second-order valence-corrected chi connectivity index (χ2v) is 4.56. The summed E-state index contributed by atoms with van der Waals surface area (Å²) in [5.74, 6) is -0.893. The molecule has 9 nitrogen and oxygen atoms in total. The van der Waals surface area contributed by atoms with Crippen molar-refractivity contribution in [3.63, 3.8) is 0 Å². The standard InChI is InChI=1S/C14H12N4O5/c1-22-14(13(20)21)23-9-4-2-8(3-5-9)18-6-10-11(17-18)15-7-16-12(10)19/h2-7,14H,1H3,(H,20,21)(H,15,16,17,19). The fourth-order valence-corrected chi connectivity index (χ4v) is 1.98. The Morgan fingerprint density at radius 3 is 2.70 bits per heavy atom. The van der Waals surface area contributed by atoms with Crippen LogP contribution in [0.1, 0.15) is 0 Å². The van der Waals surface area contributed by atoms with E-state index in [1.165, 1.54) is 18.1 Å². The smallest absolute Gasteiger partial charge is 0.373 e. The SMILES string of the molecule is COC(Oc1ccc(-n2cc3c(=O)[nH]cnc3n2)cc1)C(=O)O. The second kappa shape index (κ2) is 5.89. The maximum absolute atomic E-state index is 11.7. The molecule has 3 rings (SSSR count). The maximum Gasteiger partial charge on any atom is 0.373 e. The summed E-state index contributed by atoms with van der Waals surface area (Å²) in [6.07, 6.45) is 1.47. The molecule has 3 aromatic rings. The number of rotatable bonds is 5. The number of benzene rings is 1.